The van der Waals surface area contributed by atoms with Crippen LogP contribution in [0.3, 0.4) is 0 Å². The third kappa shape index (κ3) is 15.4. The fourth-order valence-electron chi connectivity index (χ4n) is 8.03. The first-order chi connectivity index (χ1) is 34.1. The first kappa shape index (κ1) is 54.1. The van der Waals surface area contributed by atoms with E-state index in [4.69, 9.17) is 56.8 Å². The fourth-order valence-corrected chi connectivity index (χ4v) is 8.03. The van der Waals surface area contributed by atoms with Crippen LogP contribution in [-0.2, 0) is 18.9 Å². The monoisotopic (exact) mass is 971 g/mol. The molecule has 0 aliphatic carbocycles. The van der Waals surface area contributed by atoms with Gasteiger partial charge in [0.25, 0.3) is 0 Å². The van der Waals surface area contributed by atoms with Crippen molar-refractivity contribution in [1.82, 2.24) is 0 Å². The van der Waals surface area contributed by atoms with Gasteiger partial charge in [0.2, 0.25) is 0 Å². The molecule has 2 heterocycles. The fraction of sp³-hybridized carbons (Fsp3) is 0.561. The van der Waals surface area contributed by atoms with Gasteiger partial charge in [0.05, 0.1) is 52.9 Å². The summed E-state index contributed by atoms with van der Waals surface area (Å²) in [6.45, 7) is 22.7. The largest absolute Gasteiger partial charge is 0.487 e. The smallest absolute Gasteiger partial charge is 0.193 e. The number of hydrogen-bond acceptors (Lipinski definition) is 13. The second-order valence-electron chi connectivity index (χ2n) is 18.0. The molecule has 0 N–H and O–H groups in total. The summed E-state index contributed by atoms with van der Waals surface area (Å²) in [5.41, 5.74) is 5.58. The highest BCUT2D eigenvalue weighted by Gasteiger charge is 2.23. The van der Waals surface area contributed by atoms with Crippen LogP contribution in [0.15, 0.2) is 60.7 Å². The third-order valence-corrected chi connectivity index (χ3v) is 13.1. The van der Waals surface area contributed by atoms with Gasteiger partial charge in [-0.1, -0.05) is 67.5 Å². The van der Waals surface area contributed by atoms with Crippen molar-refractivity contribution in [2.75, 3.05) is 106 Å². The van der Waals surface area contributed by atoms with E-state index in [-0.39, 0.29) is 38.1 Å². The van der Waals surface area contributed by atoms with Crippen LogP contribution in [0.25, 0.3) is 0 Å². The van der Waals surface area contributed by atoms with E-state index in [0.717, 1.165) is 59.8 Å². The molecular formula is C57H78O13. The van der Waals surface area contributed by atoms with Gasteiger partial charge < -0.3 is 56.8 Å². The normalized spacial score (nSPS) is 17.8. The van der Waals surface area contributed by atoms with E-state index in [1.54, 1.807) is 36.4 Å². The van der Waals surface area contributed by atoms with Gasteiger partial charge in [-0.25, -0.2) is 0 Å². The second-order valence-corrected chi connectivity index (χ2v) is 18.0. The number of rotatable bonds is 10. The standard InChI is InChI=1S/C57H78O13/c1-9-39(5)45-34-48(42(8)12-4)57-53(37-45)67-29-21-59-17-25-63-49-15-13-44(36-52(49)66-28-20-62-24-32-70-57)55(58)43-14-16-50-51(35-43)65-27-19-60-22-30-68-54-38-46(40(6)10-2)33-47(41(7)11-3)56(54)69-31-23-61-18-26-64-50/h13-16,33-42H,9-12,17-32H2,1-8H3. The van der Waals surface area contributed by atoms with Crippen molar-refractivity contribution in [3.8, 4) is 46.0 Å². The Balaban J connectivity index is 1.10. The van der Waals surface area contributed by atoms with Crippen molar-refractivity contribution in [1.29, 1.82) is 0 Å². The first-order valence-electron chi connectivity index (χ1n) is 25.7. The van der Waals surface area contributed by atoms with Gasteiger partial charge in [0, 0.05) is 22.3 Å². The van der Waals surface area contributed by atoms with Crippen LogP contribution in [0, 0.1) is 0 Å². The molecule has 6 rings (SSSR count). The van der Waals surface area contributed by atoms with Gasteiger partial charge in [-0.2, -0.15) is 0 Å². The molecule has 384 valence electrons. The van der Waals surface area contributed by atoms with Crippen LogP contribution >= 0.6 is 0 Å². The molecule has 4 aromatic rings. The lowest BCUT2D eigenvalue weighted by atomic mass is 9.90. The first-order valence-corrected chi connectivity index (χ1v) is 25.7. The highest BCUT2D eigenvalue weighted by atomic mass is 16.6. The molecule has 0 amide bonds. The highest BCUT2D eigenvalue weighted by Crippen LogP contribution is 2.42. The lowest BCUT2D eigenvalue weighted by molar-refractivity contribution is 0.0636. The summed E-state index contributed by atoms with van der Waals surface area (Å²) in [5, 5.41) is 0. The molecule has 0 saturated heterocycles. The molecule has 2 aliphatic rings. The second kappa shape index (κ2) is 28.6. The molecule has 2 aliphatic heterocycles. The van der Waals surface area contributed by atoms with Crippen molar-refractivity contribution >= 4 is 5.78 Å². The van der Waals surface area contributed by atoms with Crippen LogP contribution < -0.4 is 37.9 Å². The number of carbonyl (C=O) groups is 1. The van der Waals surface area contributed by atoms with E-state index >= 15 is 0 Å². The predicted octanol–water partition coefficient (Wildman–Crippen LogP) is 11.5. The Morgan fingerprint density at radius 1 is 0.357 bits per heavy atom. The van der Waals surface area contributed by atoms with Crippen LogP contribution in [0.1, 0.15) is 143 Å². The number of ether oxygens (including phenoxy) is 12. The minimum absolute atomic E-state index is 0.223. The summed E-state index contributed by atoms with van der Waals surface area (Å²) in [6.07, 6.45) is 3.99. The summed E-state index contributed by atoms with van der Waals surface area (Å²) in [6, 6.07) is 19.1. The van der Waals surface area contributed by atoms with E-state index in [1.165, 1.54) is 11.1 Å². The molecule has 0 saturated carbocycles. The van der Waals surface area contributed by atoms with Crippen LogP contribution in [0.5, 0.6) is 46.0 Å². The van der Waals surface area contributed by atoms with Gasteiger partial charge in [-0.15, -0.1) is 0 Å². The minimum atomic E-state index is -0.230. The van der Waals surface area contributed by atoms with E-state index < -0.39 is 0 Å². The van der Waals surface area contributed by atoms with Gasteiger partial charge in [-0.3, -0.25) is 4.79 Å². The van der Waals surface area contributed by atoms with Gasteiger partial charge in [0.15, 0.2) is 51.8 Å². The molecular weight excluding hydrogens is 893 g/mol. The van der Waals surface area contributed by atoms with Crippen LogP contribution in [0.2, 0.25) is 0 Å². The van der Waals surface area contributed by atoms with E-state index in [0.29, 0.717) is 131 Å². The third-order valence-electron chi connectivity index (χ3n) is 13.1. The predicted molar refractivity (Wildman–Crippen MR) is 271 cm³/mol. The minimum Gasteiger partial charge on any atom is -0.487 e. The van der Waals surface area contributed by atoms with Crippen LogP contribution in [-0.4, -0.2) is 111 Å². The quantitative estimate of drug-likeness (QED) is 0.140. The number of hydrogen-bond donors (Lipinski definition) is 0. The summed E-state index contributed by atoms with van der Waals surface area (Å²) in [5.74, 6) is 5.89. The van der Waals surface area contributed by atoms with Gasteiger partial charge >= 0.3 is 0 Å². The van der Waals surface area contributed by atoms with Gasteiger partial charge in [-0.05, 0) is 109 Å². The Hall–Kier alpha value is -5.21. The average molecular weight is 971 g/mol. The maximum atomic E-state index is 14.1. The zero-order chi connectivity index (χ0) is 49.7. The Morgan fingerprint density at radius 2 is 0.657 bits per heavy atom. The van der Waals surface area contributed by atoms with E-state index in [9.17, 15) is 4.79 Å². The number of fused-ring (bicyclic) bond motifs is 4. The lowest BCUT2D eigenvalue weighted by Crippen LogP contribution is -2.17. The lowest BCUT2D eigenvalue weighted by Gasteiger charge is -2.23. The average Bonchev–Trinajstić information content (AvgIpc) is 3.38. The molecule has 0 aromatic heterocycles. The van der Waals surface area contributed by atoms with Crippen molar-refractivity contribution in [2.45, 2.75) is 105 Å². The highest BCUT2D eigenvalue weighted by molar-refractivity contribution is 6.09. The Morgan fingerprint density at radius 3 is 0.986 bits per heavy atom. The molecule has 0 bridgehead atoms. The molecule has 13 heteroatoms. The number of carbonyl (C=O) groups excluding carboxylic acids is 1. The molecule has 0 spiro atoms. The SMILES string of the molecule is CCC(C)c1cc2c(c(C(C)CC)c1)OCCOCCOc1ccc(C(=O)c3ccc4c(c3)OCCOCCOc3c(cc(C(C)CC)cc3C(C)CC)OCCOCCO4)cc1OCCOCCO2. The van der Waals surface area contributed by atoms with Gasteiger partial charge in [0.1, 0.15) is 52.9 Å². The number of benzene rings is 4. The molecule has 70 heavy (non-hydrogen) atoms. The number of ketones is 1. The Labute approximate surface area is 416 Å². The van der Waals surface area contributed by atoms with Crippen molar-refractivity contribution in [2.24, 2.45) is 0 Å². The van der Waals surface area contributed by atoms with Crippen molar-refractivity contribution < 1.29 is 61.6 Å². The summed E-state index contributed by atoms with van der Waals surface area (Å²) < 4.78 is 74.0. The molecule has 4 aromatic carbocycles. The van der Waals surface area contributed by atoms with E-state index in [2.05, 4.69) is 79.7 Å². The maximum absolute atomic E-state index is 14.1. The molecule has 0 radical (unpaired) electrons. The van der Waals surface area contributed by atoms with Crippen molar-refractivity contribution in [3.63, 3.8) is 0 Å². The topological polar surface area (TPSA) is 128 Å². The molecule has 4 unspecified atom stereocenters. The summed E-state index contributed by atoms with van der Waals surface area (Å²) in [4.78, 5) is 14.1. The zero-order valence-corrected chi connectivity index (χ0v) is 43.0. The maximum Gasteiger partial charge on any atom is 0.193 e. The summed E-state index contributed by atoms with van der Waals surface area (Å²) >= 11 is 0. The zero-order valence-electron chi connectivity index (χ0n) is 43.0. The Kier molecular flexibility index (Phi) is 22.1. The molecule has 0 fully saturated rings. The Bertz CT molecular complexity index is 2230. The van der Waals surface area contributed by atoms with E-state index in [1.807, 2.05) is 0 Å². The van der Waals surface area contributed by atoms with Crippen LogP contribution in [0.4, 0.5) is 0 Å². The molecule has 4 atom stereocenters. The molecule has 13 nitrogen and oxygen atoms in total. The van der Waals surface area contributed by atoms with Crippen molar-refractivity contribution in [3.05, 3.63) is 94.0 Å². The summed E-state index contributed by atoms with van der Waals surface area (Å²) in [7, 11) is 0.